The Bertz CT molecular complexity index is 479. The minimum atomic E-state index is -0.510. The molecule has 0 saturated carbocycles. The van der Waals surface area contributed by atoms with Crippen molar-refractivity contribution in [1.29, 1.82) is 5.26 Å². The number of hydrogen-bond donors (Lipinski definition) is 1. The third-order valence-corrected chi connectivity index (χ3v) is 3.67. The molecule has 0 aliphatic carbocycles. The van der Waals surface area contributed by atoms with Crippen LogP contribution in [0, 0.1) is 11.3 Å². The van der Waals surface area contributed by atoms with Crippen LogP contribution in [0.1, 0.15) is 30.6 Å². The summed E-state index contributed by atoms with van der Waals surface area (Å²) in [5, 5.41) is 18.9. The predicted molar refractivity (Wildman–Crippen MR) is 76.1 cm³/mol. The standard InChI is InChI=1S/C15H21N3O/c1-12(19)14-5-4-13(11-16)10-15(14)18-7-3-6-17(2)8-9-18/h4-5,10,12,19H,3,6-9H2,1-2H3. The van der Waals surface area contributed by atoms with Gasteiger partial charge in [0, 0.05) is 30.9 Å². The molecule has 1 heterocycles. The van der Waals surface area contributed by atoms with E-state index in [9.17, 15) is 5.11 Å². The molecule has 4 heteroatoms. The average Bonchev–Trinajstić information content (AvgIpc) is 2.62. The minimum Gasteiger partial charge on any atom is -0.389 e. The molecule has 2 rings (SSSR count). The number of aliphatic hydroxyl groups excluding tert-OH is 1. The summed E-state index contributed by atoms with van der Waals surface area (Å²) in [4.78, 5) is 4.60. The maximum atomic E-state index is 9.90. The molecule has 4 nitrogen and oxygen atoms in total. The van der Waals surface area contributed by atoms with E-state index in [0.717, 1.165) is 43.9 Å². The average molecular weight is 259 g/mol. The molecule has 102 valence electrons. The van der Waals surface area contributed by atoms with Crippen LogP contribution in [0.5, 0.6) is 0 Å². The predicted octanol–water partition coefficient (Wildman–Crippen LogP) is 1.75. The van der Waals surface area contributed by atoms with Crippen molar-refractivity contribution in [1.82, 2.24) is 4.90 Å². The van der Waals surface area contributed by atoms with Crippen molar-refractivity contribution in [3.05, 3.63) is 29.3 Å². The van der Waals surface area contributed by atoms with E-state index >= 15 is 0 Å². The number of anilines is 1. The Labute approximate surface area is 114 Å². The van der Waals surface area contributed by atoms with Crippen molar-refractivity contribution in [3.8, 4) is 6.07 Å². The second-order valence-corrected chi connectivity index (χ2v) is 5.21. The monoisotopic (exact) mass is 259 g/mol. The number of aliphatic hydroxyl groups is 1. The van der Waals surface area contributed by atoms with E-state index in [0.29, 0.717) is 5.56 Å². The lowest BCUT2D eigenvalue weighted by Gasteiger charge is -2.26. The zero-order chi connectivity index (χ0) is 13.8. The molecule has 1 fully saturated rings. The summed E-state index contributed by atoms with van der Waals surface area (Å²) in [6.45, 7) is 5.79. The first kappa shape index (κ1) is 13.9. The molecular weight excluding hydrogens is 238 g/mol. The van der Waals surface area contributed by atoms with Crippen molar-refractivity contribution >= 4 is 5.69 Å². The quantitative estimate of drug-likeness (QED) is 0.879. The van der Waals surface area contributed by atoms with Gasteiger partial charge in [-0.2, -0.15) is 5.26 Å². The number of rotatable bonds is 2. The highest BCUT2D eigenvalue weighted by atomic mass is 16.3. The fourth-order valence-electron chi connectivity index (χ4n) is 2.53. The maximum absolute atomic E-state index is 9.90. The molecule has 1 N–H and O–H groups in total. The van der Waals surface area contributed by atoms with Crippen LogP contribution in [0.15, 0.2) is 18.2 Å². The third kappa shape index (κ3) is 3.25. The number of likely N-dealkylation sites (N-methyl/N-ethyl adjacent to an activating group) is 1. The van der Waals surface area contributed by atoms with Crippen LogP contribution in [0.2, 0.25) is 0 Å². The number of hydrogen-bond acceptors (Lipinski definition) is 4. The van der Waals surface area contributed by atoms with Gasteiger partial charge in [0.1, 0.15) is 0 Å². The Balaban J connectivity index is 2.33. The van der Waals surface area contributed by atoms with Gasteiger partial charge in [-0.15, -0.1) is 0 Å². The van der Waals surface area contributed by atoms with Crippen molar-refractivity contribution in [2.45, 2.75) is 19.4 Å². The summed E-state index contributed by atoms with van der Waals surface area (Å²) in [6, 6.07) is 7.72. The van der Waals surface area contributed by atoms with Crippen LogP contribution in [0.25, 0.3) is 0 Å². The zero-order valence-corrected chi connectivity index (χ0v) is 11.6. The van der Waals surface area contributed by atoms with E-state index in [1.54, 1.807) is 13.0 Å². The summed E-state index contributed by atoms with van der Waals surface area (Å²) in [5.41, 5.74) is 2.56. The smallest absolute Gasteiger partial charge is 0.0992 e. The van der Waals surface area contributed by atoms with Crippen LogP contribution in [-0.2, 0) is 0 Å². The molecule has 1 saturated heterocycles. The first-order valence-corrected chi connectivity index (χ1v) is 6.77. The van der Waals surface area contributed by atoms with E-state index in [4.69, 9.17) is 5.26 Å². The number of benzene rings is 1. The summed E-state index contributed by atoms with van der Waals surface area (Å²) >= 11 is 0. The molecule has 0 spiro atoms. The molecule has 1 aromatic carbocycles. The number of nitrogens with zero attached hydrogens (tertiary/aromatic N) is 3. The van der Waals surface area contributed by atoms with Gasteiger partial charge in [-0.05, 0) is 39.1 Å². The highest BCUT2D eigenvalue weighted by Gasteiger charge is 2.18. The van der Waals surface area contributed by atoms with E-state index in [2.05, 4.69) is 22.9 Å². The fraction of sp³-hybridized carbons (Fsp3) is 0.533. The Kier molecular flexibility index (Phi) is 4.41. The van der Waals surface area contributed by atoms with Gasteiger partial charge in [-0.3, -0.25) is 0 Å². The van der Waals surface area contributed by atoms with Crippen molar-refractivity contribution < 1.29 is 5.11 Å². The van der Waals surface area contributed by atoms with Gasteiger partial charge in [0.2, 0.25) is 0 Å². The van der Waals surface area contributed by atoms with Gasteiger partial charge in [-0.25, -0.2) is 0 Å². The van der Waals surface area contributed by atoms with Crippen LogP contribution in [0.3, 0.4) is 0 Å². The molecule has 0 amide bonds. The largest absolute Gasteiger partial charge is 0.389 e. The number of nitriles is 1. The summed E-state index contributed by atoms with van der Waals surface area (Å²) in [6.07, 6.45) is 0.593. The molecule has 1 aromatic rings. The second-order valence-electron chi connectivity index (χ2n) is 5.21. The lowest BCUT2D eigenvalue weighted by molar-refractivity contribution is 0.199. The summed E-state index contributed by atoms with van der Waals surface area (Å²) in [7, 11) is 2.13. The van der Waals surface area contributed by atoms with Crippen molar-refractivity contribution in [3.63, 3.8) is 0 Å². The summed E-state index contributed by atoms with van der Waals surface area (Å²) < 4.78 is 0. The van der Waals surface area contributed by atoms with E-state index < -0.39 is 6.10 Å². The lowest BCUT2D eigenvalue weighted by Crippen LogP contribution is -2.29. The Morgan fingerprint density at radius 2 is 2.05 bits per heavy atom. The molecule has 19 heavy (non-hydrogen) atoms. The maximum Gasteiger partial charge on any atom is 0.0992 e. The van der Waals surface area contributed by atoms with E-state index in [-0.39, 0.29) is 0 Å². The molecule has 1 aliphatic heterocycles. The first-order chi connectivity index (χ1) is 9.11. The van der Waals surface area contributed by atoms with Gasteiger partial charge in [-0.1, -0.05) is 6.07 Å². The van der Waals surface area contributed by atoms with Gasteiger partial charge in [0.25, 0.3) is 0 Å². The Morgan fingerprint density at radius 3 is 2.74 bits per heavy atom. The van der Waals surface area contributed by atoms with Crippen LogP contribution in [0.4, 0.5) is 5.69 Å². The van der Waals surface area contributed by atoms with Crippen LogP contribution in [-0.4, -0.2) is 43.2 Å². The molecule has 1 unspecified atom stereocenters. The minimum absolute atomic E-state index is 0.510. The fourth-order valence-corrected chi connectivity index (χ4v) is 2.53. The van der Waals surface area contributed by atoms with Crippen LogP contribution < -0.4 is 4.90 Å². The normalized spacial score (nSPS) is 18.7. The van der Waals surface area contributed by atoms with Gasteiger partial charge in [0.05, 0.1) is 17.7 Å². The van der Waals surface area contributed by atoms with E-state index in [1.807, 2.05) is 12.1 Å². The van der Waals surface area contributed by atoms with Gasteiger partial charge >= 0.3 is 0 Å². The van der Waals surface area contributed by atoms with E-state index in [1.165, 1.54) is 0 Å². The molecule has 0 bridgehead atoms. The molecular formula is C15H21N3O. The van der Waals surface area contributed by atoms with Crippen molar-refractivity contribution in [2.75, 3.05) is 38.1 Å². The zero-order valence-electron chi connectivity index (χ0n) is 11.6. The van der Waals surface area contributed by atoms with Gasteiger partial charge < -0.3 is 14.9 Å². The molecule has 0 radical (unpaired) electrons. The highest BCUT2D eigenvalue weighted by Crippen LogP contribution is 2.28. The van der Waals surface area contributed by atoms with Crippen LogP contribution >= 0.6 is 0 Å². The first-order valence-electron chi connectivity index (χ1n) is 6.77. The Morgan fingerprint density at radius 1 is 1.26 bits per heavy atom. The second kappa shape index (κ2) is 6.05. The topological polar surface area (TPSA) is 50.5 Å². The van der Waals surface area contributed by atoms with Crippen molar-refractivity contribution in [2.24, 2.45) is 0 Å². The molecule has 0 aromatic heterocycles. The summed E-state index contributed by atoms with van der Waals surface area (Å²) in [5.74, 6) is 0. The lowest BCUT2D eigenvalue weighted by atomic mass is 10.0. The van der Waals surface area contributed by atoms with Gasteiger partial charge in [0.15, 0.2) is 0 Å². The molecule has 1 aliphatic rings. The highest BCUT2D eigenvalue weighted by molar-refractivity contribution is 5.58. The third-order valence-electron chi connectivity index (χ3n) is 3.67. The Hall–Kier alpha value is -1.57. The SMILES string of the molecule is CC(O)c1ccc(C#N)cc1N1CCCN(C)CC1. The molecule has 1 atom stereocenters.